The molecule has 0 radical (unpaired) electrons. The molecular formula is C13H24N2O4. The lowest BCUT2D eigenvalue weighted by Crippen LogP contribution is -2.54. The molecule has 0 aromatic carbocycles. The molecule has 0 aliphatic carbocycles. The first-order valence-corrected chi connectivity index (χ1v) is 6.73. The van der Waals surface area contributed by atoms with Gasteiger partial charge in [-0.05, 0) is 26.2 Å². The number of carbonyl (C=O) groups excluding carboxylic acids is 1. The highest BCUT2D eigenvalue weighted by atomic mass is 16.5. The van der Waals surface area contributed by atoms with E-state index in [1.54, 1.807) is 4.90 Å². The molecule has 2 unspecified atom stereocenters. The Morgan fingerprint density at radius 3 is 2.26 bits per heavy atom. The minimum atomic E-state index is -0.989. The Morgan fingerprint density at radius 2 is 1.84 bits per heavy atom. The van der Waals surface area contributed by atoms with Gasteiger partial charge < -0.3 is 20.1 Å². The third-order valence-corrected chi connectivity index (χ3v) is 3.01. The zero-order chi connectivity index (χ0) is 14.6. The highest BCUT2D eigenvalue weighted by Crippen LogP contribution is 2.12. The molecule has 0 saturated carbocycles. The zero-order valence-corrected chi connectivity index (χ0v) is 12.0. The normalized spacial score (nSPS) is 25.2. The Balaban J connectivity index is 2.58. The Kier molecular flexibility index (Phi) is 5.60. The average Bonchev–Trinajstić information content (AvgIpc) is 2.25. The molecule has 3 atom stereocenters. The number of urea groups is 1. The minimum Gasteiger partial charge on any atom is -0.480 e. The first kappa shape index (κ1) is 15.8. The van der Waals surface area contributed by atoms with Gasteiger partial charge in [0.05, 0.1) is 12.2 Å². The van der Waals surface area contributed by atoms with Crippen LogP contribution in [0, 0.1) is 5.92 Å². The maximum atomic E-state index is 12.1. The van der Waals surface area contributed by atoms with Gasteiger partial charge in [-0.2, -0.15) is 0 Å². The number of ether oxygens (including phenoxy) is 1. The summed E-state index contributed by atoms with van der Waals surface area (Å²) in [5.41, 5.74) is 0. The summed E-state index contributed by atoms with van der Waals surface area (Å²) in [4.78, 5) is 24.8. The second kappa shape index (κ2) is 6.75. The molecule has 2 amide bonds. The van der Waals surface area contributed by atoms with E-state index in [9.17, 15) is 9.59 Å². The standard InChI is InChI=1S/C13H24N2O4/c1-8(2)5-11(12(16)17)14-13(18)15-6-9(3)19-10(4)7-15/h8-11H,5-7H2,1-4H3,(H,14,18)(H,16,17)/t9?,10?,11-/m0/s1. The van der Waals surface area contributed by atoms with Crippen LogP contribution in [0.2, 0.25) is 0 Å². The number of aliphatic carboxylic acids is 1. The summed E-state index contributed by atoms with van der Waals surface area (Å²) >= 11 is 0. The van der Waals surface area contributed by atoms with Crippen molar-refractivity contribution in [3.05, 3.63) is 0 Å². The molecule has 0 aromatic heterocycles. The lowest BCUT2D eigenvalue weighted by Gasteiger charge is -2.35. The van der Waals surface area contributed by atoms with Crippen LogP contribution >= 0.6 is 0 Å². The van der Waals surface area contributed by atoms with E-state index in [-0.39, 0.29) is 24.2 Å². The van der Waals surface area contributed by atoms with Crippen LogP contribution in [0.3, 0.4) is 0 Å². The van der Waals surface area contributed by atoms with Crippen molar-refractivity contribution in [2.45, 2.75) is 52.4 Å². The van der Waals surface area contributed by atoms with Gasteiger partial charge in [-0.15, -0.1) is 0 Å². The fraction of sp³-hybridized carbons (Fsp3) is 0.846. The molecule has 1 aliphatic heterocycles. The monoisotopic (exact) mass is 272 g/mol. The lowest BCUT2D eigenvalue weighted by atomic mass is 10.0. The number of hydrogen-bond acceptors (Lipinski definition) is 3. The number of hydrogen-bond donors (Lipinski definition) is 2. The van der Waals surface area contributed by atoms with Crippen LogP contribution in [-0.4, -0.2) is 53.3 Å². The molecule has 1 fully saturated rings. The second-order valence-corrected chi connectivity index (χ2v) is 5.63. The fourth-order valence-electron chi connectivity index (χ4n) is 2.28. The molecule has 6 heteroatoms. The van der Waals surface area contributed by atoms with Gasteiger partial charge in [0, 0.05) is 13.1 Å². The molecule has 6 nitrogen and oxygen atoms in total. The van der Waals surface area contributed by atoms with Crippen LogP contribution in [0.25, 0.3) is 0 Å². The molecule has 1 aliphatic rings. The highest BCUT2D eigenvalue weighted by Gasteiger charge is 2.29. The number of nitrogens with one attached hydrogen (secondary N) is 1. The summed E-state index contributed by atoms with van der Waals surface area (Å²) in [6, 6.07) is -1.16. The predicted octanol–water partition coefficient (Wildman–Crippen LogP) is 1.30. The number of nitrogens with zero attached hydrogens (tertiary/aromatic N) is 1. The predicted molar refractivity (Wildman–Crippen MR) is 71.0 cm³/mol. The van der Waals surface area contributed by atoms with Crippen LogP contribution in [0.5, 0.6) is 0 Å². The maximum Gasteiger partial charge on any atom is 0.326 e. The summed E-state index contributed by atoms with van der Waals surface area (Å²) in [7, 11) is 0. The van der Waals surface area contributed by atoms with Gasteiger partial charge in [0.25, 0.3) is 0 Å². The summed E-state index contributed by atoms with van der Waals surface area (Å²) in [5, 5.41) is 11.7. The molecule has 110 valence electrons. The Morgan fingerprint density at radius 1 is 1.32 bits per heavy atom. The van der Waals surface area contributed by atoms with E-state index in [2.05, 4.69) is 5.32 Å². The fourth-order valence-corrected chi connectivity index (χ4v) is 2.28. The summed E-state index contributed by atoms with van der Waals surface area (Å²) in [5.74, 6) is -0.777. The minimum absolute atomic E-state index is 0.0251. The van der Waals surface area contributed by atoms with Crippen LogP contribution in [0.1, 0.15) is 34.1 Å². The number of carbonyl (C=O) groups is 2. The molecule has 0 aromatic rings. The van der Waals surface area contributed by atoms with E-state index >= 15 is 0 Å². The van der Waals surface area contributed by atoms with Gasteiger partial charge in [0.1, 0.15) is 6.04 Å². The Labute approximate surface area is 114 Å². The van der Waals surface area contributed by atoms with Crippen molar-refractivity contribution in [3.8, 4) is 0 Å². The second-order valence-electron chi connectivity index (χ2n) is 5.63. The first-order chi connectivity index (χ1) is 8.79. The van der Waals surface area contributed by atoms with Crippen LogP contribution in [-0.2, 0) is 9.53 Å². The third-order valence-electron chi connectivity index (χ3n) is 3.01. The SMILES string of the molecule is CC(C)C[C@H](NC(=O)N1CC(C)OC(C)C1)C(=O)O. The molecule has 0 bridgehead atoms. The van der Waals surface area contributed by atoms with Gasteiger partial charge in [-0.1, -0.05) is 13.8 Å². The van der Waals surface area contributed by atoms with E-state index in [1.807, 2.05) is 27.7 Å². The van der Waals surface area contributed by atoms with Crippen molar-refractivity contribution in [2.75, 3.05) is 13.1 Å². The number of rotatable bonds is 4. The van der Waals surface area contributed by atoms with Crippen molar-refractivity contribution in [2.24, 2.45) is 5.92 Å². The number of amides is 2. The molecule has 1 saturated heterocycles. The van der Waals surface area contributed by atoms with Crippen molar-refractivity contribution in [1.82, 2.24) is 10.2 Å². The van der Waals surface area contributed by atoms with E-state index in [0.717, 1.165) is 0 Å². The molecular weight excluding hydrogens is 248 g/mol. The molecule has 19 heavy (non-hydrogen) atoms. The Bertz CT molecular complexity index is 323. The van der Waals surface area contributed by atoms with Crippen molar-refractivity contribution in [3.63, 3.8) is 0 Å². The smallest absolute Gasteiger partial charge is 0.326 e. The van der Waals surface area contributed by atoms with Gasteiger partial charge in [-0.25, -0.2) is 9.59 Å². The summed E-state index contributed by atoms with van der Waals surface area (Å²) < 4.78 is 5.55. The number of morpholine rings is 1. The summed E-state index contributed by atoms with van der Waals surface area (Å²) in [6.07, 6.45) is 0.377. The first-order valence-electron chi connectivity index (χ1n) is 6.73. The third kappa shape index (κ3) is 5.06. The zero-order valence-electron chi connectivity index (χ0n) is 12.0. The van der Waals surface area contributed by atoms with Crippen LogP contribution in [0.4, 0.5) is 4.79 Å². The molecule has 0 spiro atoms. The quantitative estimate of drug-likeness (QED) is 0.808. The number of carboxylic acid groups (broad SMARTS) is 1. The van der Waals surface area contributed by atoms with Crippen molar-refractivity contribution in [1.29, 1.82) is 0 Å². The van der Waals surface area contributed by atoms with E-state index in [4.69, 9.17) is 9.84 Å². The van der Waals surface area contributed by atoms with Gasteiger partial charge in [0.15, 0.2) is 0 Å². The topological polar surface area (TPSA) is 78.9 Å². The molecule has 2 N–H and O–H groups in total. The van der Waals surface area contributed by atoms with E-state index < -0.39 is 12.0 Å². The van der Waals surface area contributed by atoms with E-state index in [1.165, 1.54) is 0 Å². The largest absolute Gasteiger partial charge is 0.480 e. The molecule has 1 heterocycles. The van der Waals surface area contributed by atoms with Gasteiger partial charge in [-0.3, -0.25) is 0 Å². The maximum absolute atomic E-state index is 12.1. The van der Waals surface area contributed by atoms with Crippen molar-refractivity contribution >= 4 is 12.0 Å². The molecule has 1 rings (SSSR count). The lowest BCUT2D eigenvalue weighted by molar-refractivity contribution is -0.139. The van der Waals surface area contributed by atoms with Gasteiger partial charge >= 0.3 is 12.0 Å². The Hall–Kier alpha value is -1.30. The van der Waals surface area contributed by atoms with Gasteiger partial charge in [0.2, 0.25) is 0 Å². The highest BCUT2D eigenvalue weighted by molar-refractivity contribution is 5.82. The summed E-state index contributed by atoms with van der Waals surface area (Å²) in [6.45, 7) is 8.65. The van der Waals surface area contributed by atoms with Crippen LogP contribution < -0.4 is 5.32 Å². The average molecular weight is 272 g/mol. The van der Waals surface area contributed by atoms with E-state index in [0.29, 0.717) is 19.5 Å². The number of carboxylic acids is 1. The van der Waals surface area contributed by atoms with Crippen LogP contribution in [0.15, 0.2) is 0 Å². The van der Waals surface area contributed by atoms with Crippen molar-refractivity contribution < 1.29 is 19.4 Å².